The SMILES string of the molecule is Cn1c(CN2CCCCC2)nnc1C1CCN(C(=O)c2cccnc2)CC1. The molecule has 4 heterocycles. The highest BCUT2D eigenvalue weighted by Crippen LogP contribution is 2.28. The molecule has 0 N–H and O–H groups in total. The van der Waals surface area contributed by atoms with Gasteiger partial charge in [-0.05, 0) is 50.9 Å². The Kier molecular flexibility index (Phi) is 5.48. The summed E-state index contributed by atoms with van der Waals surface area (Å²) in [6.07, 6.45) is 9.12. The Morgan fingerprint density at radius 2 is 1.89 bits per heavy atom. The average molecular weight is 368 g/mol. The number of piperidine rings is 2. The lowest BCUT2D eigenvalue weighted by Crippen LogP contribution is -2.38. The molecule has 2 aromatic heterocycles. The third-order valence-corrected chi connectivity index (χ3v) is 5.87. The zero-order chi connectivity index (χ0) is 18.6. The second-order valence-electron chi connectivity index (χ2n) is 7.68. The van der Waals surface area contributed by atoms with Gasteiger partial charge in [0.25, 0.3) is 5.91 Å². The zero-order valence-electron chi connectivity index (χ0n) is 16.0. The van der Waals surface area contributed by atoms with Crippen LogP contribution in [0.5, 0.6) is 0 Å². The van der Waals surface area contributed by atoms with Gasteiger partial charge in [0, 0.05) is 38.4 Å². The van der Waals surface area contributed by atoms with Gasteiger partial charge in [0.2, 0.25) is 0 Å². The first-order valence-electron chi connectivity index (χ1n) is 10.0. The number of amides is 1. The van der Waals surface area contributed by atoms with Gasteiger partial charge in [-0.25, -0.2) is 0 Å². The molecule has 0 spiro atoms. The highest BCUT2D eigenvalue weighted by atomic mass is 16.2. The molecule has 2 saturated heterocycles. The van der Waals surface area contributed by atoms with E-state index in [1.54, 1.807) is 12.4 Å². The lowest BCUT2D eigenvalue weighted by atomic mass is 9.95. The summed E-state index contributed by atoms with van der Waals surface area (Å²) in [5.41, 5.74) is 0.665. The summed E-state index contributed by atoms with van der Waals surface area (Å²) in [5.74, 6) is 2.57. The fraction of sp³-hybridized carbons (Fsp3) is 0.600. The van der Waals surface area contributed by atoms with Crippen molar-refractivity contribution in [1.82, 2.24) is 29.5 Å². The first kappa shape index (κ1) is 18.1. The lowest BCUT2D eigenvalue weighted by molar-refractivity contribution is 0.0710. The Labute approximate surface area is 160 Å². The molecule has 0 bridgehead atoms. The molecule has 0 radical (unpaired) electrons. The Hall–Kier alpha value is -2.28. The molecule has 7 heteroatoms. The predicted molar refractivity (Wildman–Crippen MR) is 102 cm³/mol. The van der Waals surface area contributed by atoms with Gasteiger partial charge < -0.3 is 9.47 Å². The molecule has 0 aliphatic carbocycles. The first-order chi connectivity index (χ1) is 13.2. The topological polar surface area (TPSA) is 67.2 Å². The van der Waals surface area contributed by atoms with Crippen LogP contribution in [0.1, 0.15) is 60.0 Å². The van der Waals surface area contributed by atoms with E-state index in [-0.39, 0.29) is 5.91 Å². The van der Waals surface area contributed by atoms with E-state index in [9.17, 15) is 4.79 Å². The van der Waals surface area contributed by atoms with Crippen molar-refractivity contribution < 1.29 is 4.79 Å². The molecule has 0 atom stereocenters. The van der Waals surface area contributed by atoms with Crippen molar-refractivity contribution in [3.8, 4) is 0 Å². The summed E-state index contributed by atoms with van der Waals surface area (Å²) < 4.78 is 2.18. The fourth-order valence-electron chi connectivity index (χ4n) is 4.20. The van der Waals surface area contributed by atoms with Crippen LogP contribution in [-0.4, -0.2) is 61.6 Å². The number of carbonyl (C=O) groups is 1. The van der Waals surface area contributed by atoms with E-state index in [4.69, 9.17) is 0 Å². The maximum absolute atomic E-state index is 12.6. The number of nitrogens with zero attached hydrogens (tertiary/aromatic N) is 6. The second kappa shape index (κ2) is 8.17. The minimum Gasteiger partial charge on any atom is -0.339 e. The van der Waals surface area contributed by atoms with E-state index >= 15 is 0 Å². The number of hydrogen-bond donors (Lipinski definition) is 0. The Morgan fingerprint density at radius 1 is 1.11 bits per heavy atom. The van der Waals surface area contributed by atoms with E-state index in [0.717, 1.165) is 57.2 Å². The number of aromatic nitrogens is 4. The molecule has 1 amide bonds. The van der Waals surface area contributed by atoms with E-state index in [1.807, 2.05) is 17.0 Å². The predicted octanol–water partition coefficient (Wildman–Crippen LogP) is 2.22. The van der Waals surface area contributed by atoms with Crippen LogP contribution in [0.25, 0.3) is 0 Å². The molecule has 0 unspecified atom stereocenters. The van der Waals surface area contributed by atoms with Crippen molar-refractivity contribution in [2.24, 2.45) is 7.05 Å². The summed E-state index contributed by atoms with van der Waals surface area (Å²) in [4.78, 5) is 21.0. The molecule has 4 rings (SSSR count). The normalized spacial score (nSPS) is 19.4. The highest BCUT2D eigenvalue weighted by Gasteiger charge is 2.28. The van der Waals surface area contributed by atoms with Crippen molar-refractivity contribution in [3.63, 3.8) is 0 Å². The number of rotatable bonds is 4. The highest BCUT2D eigenvalue weighted by molar-refractivity contribution is 5.93. The Morgan fingerprint density at radius 3 is 2.59 bits per heavy atom. The molecule has 0 saturated carbocycles. The van der Waals surface area contributed by atoms with Crippen molar-refractivity contribution in [2.75, 3.05) is 26.2 Å². The molecule has 2 aromatic rings. The van der Waals surface area contributed by atoms with E-state index in [1.165, 1.54) is 19.3 Å². The summed E-state index contributed by atoms with van der Waals surface area (Å²) in [5, 5.41) is 8.98. The molecular weight excluding hydrogens is 340 g/mol. The third kappa shape index (κ3) is 4.03. The third-order valence-electron chi connectivity index (χ3n) is 5.87. The second-order valence-corrected chi connectivity index (χ2v) is 7.68. The number of pyridine rings is 1. The van der Waals surface area contributed by atoms with Gasteiger partial charge in [0.1, 0.15) is 11.6 Å². The number of hydrogen-bond acceptors (Lipinski definition) is 5. The zero-order valence-corrected chi connectivity index (χ0v) is 16.0. The number of likely N-dealkylation sites (tertiary alicyclic amines) is 2. The van der Waals surface area contributed by atoms with Gasteiger partial charge in [-0.1, -0.05) is 6.42 Å². The molecule has 2 aliphatic heterocycles. The van der Waals surface area contributed by atoms with Crippen LogP contribution in [0, 0.1) is 0 Å². The smallest absolute Gasteiger partial charge is 0.255 e. The van der Waals surface area contributed by atoms with Crippen LogP contribution in [-0.2, 0) is 13.6 Å². The number of carbonyl (C=O) groups excluding carboxylic acids is 1. The Bertz CT molecular complexity index is 760. The van der Waals surface area contributed by atoms with E-state index < -0.39 is 0 Å². The summed E-state index contributed by atoms with van der Waals surface area (Å²) in [6, 6.07) is 3.64. The standard InChI is InChI=1S/C20H28N6O/c1-24-18(15-25-10-3-2-4-11-25)22-23-19(24)16-7-12-26(13-8-16)20(27)17-6-5-9-21-14-17/h5-6,9,14,16H,2-4,7-8,10-13,15H2,1H3. The van der Waals surface area contributed by atoms with Crippen LogP contribution in [0.2, 0.25) is 0 Å². The summed E-state index contributed by atoms with van der Waals surface area (Å²) in [6.45, 7) is 4.73. The van der Waals surface area contributed by atoms with E-state index in [2.05, 4.69) is 31.7 Å². The van der Waals surface area contributed by atoms with Crippen molar-refractivity contribution in [1.29, 1.82) is 0 Å². The minimum absolute atomic E-state index is 0.0744. The summed E-state index contributed by atoms with van der Waals surface area (Å²) >= 11 is 0. The Balaban J connectivity index is 1.36. The van der Waals surface area contributed by atoms with Crippen LogP contribution in [0.4, 0.5) is 0 Å². The molecule has 27 heavy (non-hydrogen) atoms. The van der Waals surface area contributed by atoms with Gasteiger partial charge >= 0.3 is 0 Å². The van der Waals surface area contributed by atoms with E-state index in [0.29, 0.717) is 11.5 Å². The molecular formula is C20H28N6O. The molecule has 0 aromatic carbocycles. The summed E-state index contributed by atoms with van der Waals surface area (Å²) in [7, 11) is 2.09. The lowest BCUT2D eigenvalue weighted by Gasteiger charge is -2.31. The quantitative estimate of drug-likeness (QED) is 0.828. The van der Waals surface area contributed by atoms with Crippen LogP contribution >= 0.6 is 0 Å². The maximum atomic E-state index is 12.6. The van der Waals surface area contributed by atoms with Gasteiger partial charge in [-0.15, -0.1) is 10.2 Å². The van der Waals surface area contributed by atoms with Crippen molar-refractivity contribution in [2.45, 2.75) is 44.6 Å². The molecule has 2 fully saturated rings. The van der Waals surface area contributed by atoms with Gasteiger partial charge in [-0.2, -0.15) is 0 Å². The van der Waals surface area contributed by atoms with Crippen molar-refractivity contribution >= 4 is 5.91 Å². The monoisotopic (exact) mass is 368 g/mol. The minimum atomic E-state index is 0.0744. The molecule has 7 nitrogen and oxygen atoms in total. The van der Waals surface area contributed by atoms with Crippen molar-refractivity contribution in [3.05, 3.63) is 41.7 Å². The van der Waals surface area contributed by atoms with Gasteiger partial charge in [-0.3, -0.25) is 14.7 Å². The van der Waals surface area contributed by atoms with Gasteiger partial charge in [0.05, 0.1) is 12.1 Å². The van der Waals surface area contributed by atoms with Gasteiger partial charge in [0.15, 0.2) is 0 Å². The van der Waals surface area contributed by atoms with Crippen LogP contribution < -0.4 is 0 Å². The molecule has 144 valence electrons. The largest absolute Gasteiger partial charge is 0.339 e. The first-order valence-corrected chi connectivity index (χ1v) is 10.0. The average Bonchev–Trinajstić information content (AvgIpc) is 3.09. The molecule has 2 aliphatic rings. The maximum Gasteiger partial charge on any atom is 0.255 e. The fourth-order valence-corrected chi connectivity index (χ4v) is 4.20. The van der Waals surface area contributed by atoms with Crippen LogP contribution in [0.15, 0.2) is 24.5 Å². The van der Waals surface area contributed by atoms with Crippen LogP contribution in [0.3, 0.4) is 0 Å².